The van der Waals surface area contributed by atoms with Gasteiger partial charge in [-0.25, -0.2) is 9.48 Å². The van der Waals surface area contributed by atoms with Gasteiger partial charge in [-0.15, -0.1) is 10.6 Å². The lowest BCUT2D eigenvalue weighted by molar-refractivity contribution is -0.139. The number of hydrogen-bond donors (Lipinski definition) is 6. The molecule has 0 saturated heterocycles. The quantitative estimate of drug-likeness (QED) is 0.0169. The van der Waals surface area contributed by atoms with E-state index in [-0.39, 0.29) is 56.0 Å². The van der Waals surface area contributed by atoms with Crippen LogP contribution >= 0.6 is 11.8 Å². The van der Waals surface area contributed by atoms with Crippen molar-refractivity contribution >= 4 is 64.2 Å². The molecule has 6 aromatic rings. The maximum Gasteiger partial charge on any atom is 0.344 e. The molecule has 4 aliphatic heterocycles. The molecule has 10 rings (SSSR count). The molecule has 5 heterocycles. The molecule has 0 bridgehead atoms. The monoisotopic (exact) mass is 1100 g/mol. The number of rotatable bonds is 25. The van der Waals surface area contributed by atoms with Gasteiger partial charge in [-0.2, -0.15) is 0 Å². The van der Waals surface area contributed by atoms with Crippen molar-refractivity contribution in [3.63, 3.8) is 0 Å². The molecule has 5 aromatic carbocycles. The third-order valence-electron chi connectivity index (χ3n) is 12.8. The van der Waals surface area contributed by atoms with Crippen molar-refractivity contribution in [3.8, 4) is 28.4 Å². The fourth-order valence-electron chi connectivity index (χ4n) is 8.85. The number of benzene rings is 5. The maximum atomic E-state index is 14.1. The van der Waals surface area contributed by atoms with Gasteiger partial charge in [0.05, 0.1) is 92.5 Å². The summed E-state index contributed by atoms with van der Waals surface area (Å²) in [6.45, 7) is 7.17. The predicted octanol–water partition coefficient (Wildman–Crippen LogP) is 5.91. The average Bonchev–Trinajstić information content (AvgIpc) is 4.53. The van der Waals surface area contributed by atoms with Gasteiger partial charge in [0.1, 0.15) is 29.5 Å². The highest BCUT2D eigenvalue weighted by Gasteiger charge is 2.35. The molecular weight excluding hydrogens is 1040 g/mol. The molecule has 21 nitrogen and oxygen atoms in total. The van der Waals surface area contributed by atoms with Gasteiger partial charge in [0, 0.05) is 66.4 Å². The van der Waals surface area contributed by atoms with Crippen molar-refractivity contribution in [1.29, 1.82) is 0 Å². The van der Waals surface area contributed by atoms with E-state index in [0.717, 1.165) is 83.4 Å². The van der Waals surface area contributed by atoms with Crippen LogP contribution in [-0.2, 0) is 28.5 Å². The number of amidine groups is 2. The van der Waals surface area contributed by atoms with Gasteiger partial charge < -0.3 is 50.1 Å². The van der Waals surface area contributed by atoms with Crippen molar-refractivity contribution in [2.24, 2.45) is 9.98 Å². The third-order valence-corrected chi connectivity index (χ3v) is 13.8. The van der Waals surface area contributed by atoms with Gasteiger partial charge in [-0.1, -0.05) is 53.4 Å². The first-order chi connectivity index (χ1) is 39.2. The number of ketones is 1. The zero-order valence-electron chi connectivity index (χ0n) is 44.1. The van der Waals surface area contributed by atoms with E-state index in [9.17, 15) is 19.5 Å². The number of thioether (sulfide) groups is 1. The number of nitrogens with zero attached hydrogens (tertiary/aromatic N) is 7. The van der Waals surface area contributed by atoms with E-state index in [4.69, 9.17) is 23.7 Å². The molecule has 6 N–H and O–H groups in total. The lowest BCUT2D eigenvalue weighted by Gasteiger charge is -2.22. The van der Waals surface area contributed by atoms with Crippen LogP contribution in [0.15, 0.2) is 153 Å². The summed E-state index contributed by atoms with van der Waals surface area (Å²) < 4.78 is 29.8. The van der Waals surface area contributed by atoms with Crippen LogP contribution in [0.4, 0.5) is 11.4 Å². The number of para-hydroxylation sites is 1. The second kappa shape index (κ2) is 26.2. The van der Waals surface area contributed by atoms with Crippen molar-refractivity contribution < 1.29 is 43.2 Å². The number of carbonyl (C=O) groups excluding carboxylic acids is 3. The van der Waals surface area contributed by atoms with E-state index >= 15 is 0 Å². The smallest absolute Gasteiger partial charge is 0.344 e. The molecule has 412 valence electrons. The highest BCUT2D eigenvalue weighted by molar-refractivity contribution is 8.08. The number of amides is 1. The Labute approximate surface area is 466 Å². The summed E-state index contributed by atoms with van der Waals surface area (Å²) in [6, 6.07) is 35.8. The van der Waals surface area contributed by atoms with Crippen LogP contribution < -0.4 is 36.5 Å². The molecule has 0 saturated carbocycles. The normalized spacial score (nSPS) is 15.4. The Kier molecular flexibility index (Phi) is 17.9. The molecule has 0 spiro atoms. The lowest BCUT2D eigenvalue weighted by atomic mass is 9.99. The van der Waals surface area contributed by atoms with Gasteiger partial charge in [0.15, 0.2) is 11.5 Å². The first-order valence-corrected chi connectivity index (χ1v) is 27.0. The van der Waals surface area contributed by atoms with Crippen molar-refractivity contribution in [2.45, 2.75) is 6.92 Å². The number of allylic oxidation sites excluding steroid dienone is 1. The van der Waals surface area contributed by atoms with Crippen molar-refractivity contribution in [3.05, 3.63) is 171 Å². The first kappa shape index (κ1) is 54.6. The van der Waals surface area contributed by atoms with Gasteiger partial charge in [0.2, 0.25) is 5.78 Å². The van der Waals surface area contributed by atoms with E-state index in [1.54, 1.807) is 29.8 Å². The summed E-state index contributed by atoms with van der Waals surface area (Å²) in [5.41, 5.74) is 11.6. The average molecular weight is 1100 g/mol. The Bertz CT molecular complexity index is 3360. The van der Waals surface area contributed by atoms with Crippen LogP contribution in [-0.4, -0.2) is 147 Å². The van der Waals surface area contributed by atoms with Crippen LogP contribution in [0.2, 0.25) is 0 Å². The predicted molar refractivity (Wildman–Crippen MR) is 306 cm³/mol. The van der Waals surface area contributed by atoms with Crippen LogP contribution in [0.1, 0.15) is 39.5 Å². The number of esters is 1. The van der Waals surface area contributed by atoms with Crippen molar-refractivity contribution in [1.82, 2.24) is 41.5 Å². The largest absolute Gasteiger partial charge is 0.504 e. The number of nitrogens with one attached hydrogen (secondary N) is 5. The van der Waals surface area contributed by atoms with Gasteiger partial charge >= 0.3 is 5.97 Å². The number of phenolic OH excluding ortho intramolecular Hbond substituents is 1. The van der Waals surface area contributed by atoms with Gasteiger partial charge in [0.25, 0.3) is 5.91 Å². The Morgan fingerprint density at radius 1 is 0.775 bits per heavy atom. The molecule has 80 heavy (non-hydrogen) atoms. The second-order valence-corrected chi connectivity index (χ2v) is 19.3. The molecule has 0 fully saturated rings. The lowest BCUT2D eigenvalue weighted by Crippen LogP contribution is -2.38. The van der Waals surface area contributed by atoms with E-state index in [1.165, 1.54) is 6.07 Å². The summed E-state index contributed by atoms with van der Waals surface area (Å²) >= 11 is 1.12. The SMILES string of the molecule is CCOC(=O)C1=C(Nc2ccccc2)S/C(=C\c2ccc(OCCOCCOCCOCCNC(=O)c3cc(-c4cn(-c5ccc(C6=NCCN6)cc5)nn4)ccc3C3=CN(c4ccc(C5=NCCN5)cc4)NN3C)c(O)c2)C1=O. The minimum atomic E-state index is -0.707. The number of aliphatic imine (C=N–C) groups is 2. The molecule has 0 radical (unpaired) electrons. The topological polar surface area (TPSA) is 240 Å². The molecule has 0 unspecified atom stereocenters. The second-order valence-electron chi connectivity index (χ2n) is 18.3. The Balaban J connectivity index is 0.675. The fourth-order valence-corrected chi connectivity index (χ4v) is 9.90. The zero-order valence-corrected chi connectivity index (χ0v) is 45.0. The summed E-state index contributed by atoms with van der Waals surface area (Å²) in [7, 11) is 1.90. The number of Topliss-reactive ketones (excluding diaryl/α,β-unsaturated/α-hetero) is 1. The number of phenols is 1. The van der Waals surface area contributed by atoms with Crippen LogP contribution in [0, 0.1) is 0 Å². The highest BCUT2D eigenvalue weighted by Crippen LogP contribution is 2.41. The van der Waals surface area contributed by atoms with E-state index in [0.29, 0.717) is 64.4 Å². The number of hydrazine groups is 2. The first-order valence-electron chi connectivity index (χ1n) is 26.2. The Morgan fingerprint density at radius 3 is 2.10 bits per heavy atom. The molecule has 22 heteroatoms. The minimum absolute atomic E-state index is 0.0716. The molecule has 0 atom stereocenters. The molecule has 1 aromatic heterocycles. The summed E-state index contributed by atoms with van der Waals surface area (Å²) in [6.07, 6.45) is 5.40. The van der Waals surface area contributed by atoms with Gasteiger partial charge in [-0.05, 0) is 97.4 Å². The molecule has 4 aliphatic rings. The fraction of sp³-hybridized carbons (Fsp3) is 0.259. The Hall–Kier alpha value is -8.80. The van der Waals surface area contributed by atoms with Crippen LogP contribution in [0.5, 0.6) is 11.5 Å². The van der Waals surface area contributed by atoms with Crippen LogP contribution in [0.3, 0.4) is 0 Å². The zero-order chi connectivity index (χ0) is 55.2. The number of hydrogen-bond acceptors (Lipinski definition) is 20. The highest BCUT2D eigenvalue weighted by atomic mass is 32.2. The number of aromatic nitrogens is 3. The molecule has 0 aliphatic carbocycles. The number of anilines is 2. The Morgan fingerprint density at radius 2 is 1.44 bits per heavy atom. The van der Waals surface area contributed by atoms with E-state index in [1.807, 2.05) is 127 Å². The number of carbonyl (C=O) groups is 3. The third kappa shape index (κ3) is 13.4. The minimum Gasteiger partial charge on any atom is -0.504 e. The van der Waals surface area contributed by atoms with E-state index < -0.39 is 11.8 Å². The maximum absolute atomic E-state index is 14.1. The molecule has 1 amide bonds. The van der Waals surface area contributed by atoms with Gasteiger partial charge in [-0.3, -0.25) is 29.6 Å². The number of ether oxygens (including phenoxy) is 5. The summed E-state index contributed by atoms with van der Waals surface area (Å²) in [5, 5.41) is 36.6. The van der Waals surface area contributed by atoms with Crippen LogP contribution in [0.25, 0.3) is 28.7 Å². The molecular formula is C58H60N12O9S. The summed E-state index contributed by atoms with van der Waals surface area (Å²) in [5.74, 6) is 0.444. The summed E-state index contributed by atoms with van der Waals surface area (Å²) in [4.78, 5) is 49.6. The van der Waals surface area contributed by atoms with E-state index in [2.05, 4.69) is 47.1 Å². The standard InChI is InChI=1S/C58H60N12O9S/c1-3-78-58(74)52-53(72)51(80-57(52)64-42-7-5-4-6-8-42)34-38-9-20-50(49(71)33-38)79-32-31-77-30-29-76-28-27-75-26-25-63-56(73)46-35-41(47-36-69(66-65-47)43-15-10-39(11-16-43)54-59-21-22-60-54)14-19-45(46)48-37-70(67-68(48)2)44-17-12-40(13-18-44)55-61-23-24-62-55/h4-20,33-37,64,67,71H,3,21-32H2,1-2H3,(H,59,60)(H,61,62)(H,63,73)/b51-34-. The van der Waals surface area contributed by atoms with Crippen molar-refractivity contribution in [2.75, 3.05) is 103 Å². The number of aromatic hydroxyl groups is 1.